The predicted octanol–water partition coefficient (Wildman–Crippen LogP) is 12.0. The van der Waals surface area contributed by atoms with Crippen molar-refractivity contribution in [3.63, 3.8) is 0 Å². The zero-order valence-electron chi connectivity index (χ0n) is 19.9. The maximum absolute atomic E-state index is 9.85. The van der Waals surface area contributed by atoms with Gasteiger partial charge in [0, 0.05) is 9.89 Å². The van der Waals surface area contributed by atoms with Gasteiger partial charge in [-0.15, -0.1) is 0 Å². The second-order valence-electron chi connectivity index (χ2n) is 8.06. The fourth-order valence-corrected chi connectivity index (χ4v) is 8.10. The zero-order valence-corrected chi connectivity index (χ0v) is 33.3. The van der Waals surface area contributed by atoms with Crippen molar-refractivity contribution in [2.75, 3.05) is 0 Å². The first kappa shape index (κ1) is 36.5. The molecule has 0 radical (unpaired) electrons. The van der Waals surface area contributed by atoms with E-state index in [1.54, 1.807) is 12.1 Å². The van der Waals surface area contributed by atoms with Crippen LogP contribution in [0, 0.1) is 0 Å². The molecule has 214 valence electrons. The second kappa shape index (κ2) is 15.9. The van der Waals surface area contributed by atoms with Crippen LogP contribution in [-0.2, 0) is 5.41 Å². The molecule has 0 fully saturated rings. The highest BCUT2D eigenvalue weighted by molar-refractivity contribution is 9.12. The van der Waals surface area contributed by atoms with Gasteiger partial charge in [0.2, 0.25) is 15.9 Å². The first-order valence-corrected chi connectivity index (χ1v) is 17.1. The number of aromatic hydroxyl groups is 3. The van der Waals surface area contributed by atoms with E-state index in [9.17, 15) is 15.3 Å². The molecule has 0 aliphatic carbocycles. The van der Waals surface area contributed by atoms with Gasteiger partial charge in [-0.25, -0.2) is 0 Å². The third-order valence-electron chi connectivity index (χ3n) is 5.01. The fourth-order valence-electron chi connectivity index (χ4n) is 2.86. The molecule has 1 heterocycles. The Morgan fingerprint density at radius 3 is 0.975 bits per heavy atom. The lowest BCUT2D eigenvalue weighted by Crippen LogP contribution is -2.19. The van der Waals surface area contributed by atoms with Crippen molar-refractivity contribution in [2.45, 2.75) is 19.3 Å². The maximum atomic E-state index is 9.85. The molecule has 3 N–H and O–H groups in total. The maximum Gasteiger partial charge on any atom is 0.227 e. The molecule has 0 saturated heterocycles. The average molecular weight is 1060 g/mol. The molecule has 0 bridgehead atoms. The Labute approximate surface area is 304 Å². The summed E-state index contributed by atoms with van der Waals surface area (Å²) in [4.78, 5) is 10.4. The van der Waals surface area contributed by atoms with E-state index in [1.807, 2.05) is 24.3 Å². The summed E-state index contributed by atoms with van der Waals surface area (Å²) in [5.74, 6) is 0.591. The molecule has 3 aromatic carbocycles. The number of phenols is 3. The van der Waals surface area contributed by atoms with E-state index < -0.39 is 0 Å². The summed E-state index contributed by atoms with van der Waals surface area (Å²) in [6.45, 7) is 4.17. The van der Waals surface area contributed by atoms with Gasteiger partial charge in [-0.1, -0.05) is 29.8 Å². The number of rotatable bonds is 2. The van der Waals surface area contributed by atoms with Crippen molar-refractivity contribution >= 4 is 146 Å². The standard InChI is InChI=1S/C15H12Br4O2.C6H3Br3O.C3Cl3N3/c1-15(2,7-3-9(16)13(20)10(17)4-7)8-5-11(18)14(21)12(19)6-8;7-3-1-4(8)6(10)5(9)2-3;4-1-7-2(5)9-3(6)8-1/h3-6,20-21H,1-2H3;1-2,10H;. The van der Waals surface area contributed by atoms with Gasteiger partial charge >= 0.3 is 0 Å². The number of halogens is 10. The largest absolute Gasteiger partial charge is 0.506 e. The van der Waals surface area contributed by atoms with E-state index in [-0.39, 0.29) is 38.5 Å². The Hall–Kier alpha value is 0.300. The Bertz CT molecular complexity index is 1370. The summed E-state index contributed by atoms with van der Waals surface area (Å²) in [6.07, 6.45) is 0. The quantitative estimate of drug-likeness (QED) is 0.185. The van der Waals surface area contributed by atoms with Gasteiger partial charge in [0.25, 0.3) is 0 Å². The highest BCUT2D eigenvalue weighted by atomic mass is 79.9. The predicted molar refractivity (Wildman–Crippen MR) is 185 cm³/mol. The summed E-state index contributed by atoms with van der Waals surface area (Å²) >= 11 is 39.1. The number of nitrogens with zero attached hydrogens (tertiary/aromatic N) is 3. The monoisotopic (exact) mass is 1050 g/mol. The topological polar surface area (TPSA) is 99.4 Å². The van der Waals surface area contributed by atoms with Gasteiger partial charge in [0.1, 0.15) is 17.2 Å². The first-order chi connectivity index (χ1) is 18.4. The van der Waals surface area contributed by atoms with Crippen LogP contribution in [0.15, 0.2) is 67.7 Å². The molecule has 0 saturated carbocycles. The van der Waals surface area contributed by atoms with Crippen LogP contribution in [0.1, 0.15) is 25.0 Å². The van der Waals surface area contributed by atoms with E-state index in [2.05, 4.69) is 140 Å². The van der Waals surface area contributed by atoms with Crippen LogP contribution in [0.3, 0.4) is 0 Å². The van der Waals surface area contributed by atoms with Crippen molar-refractivity contribution < 1.29 is 15.3 Å². The SMILES string of the molecule is CC(C)(c1cc(Br)c(O)c(Br)c1)c1cc(Br)c(O)c(Br)c1.Clc1nc(Cl)nc(Cl)n1.Oc1c(Br)cc(Br)cc1Br. The molecule has 4 rings (SSSR count). The molecule has 1 aromatic heterocycles. The van der Waals surface area contributed by atoms with Crippen LogP contribution in [0.5, 0.6) is 17.2 Å². The van der Waals surface area contributed by atoms with E-state index in [0.29, 0.717) is 26.8 Å². The van der Waals surface area contributed by atoms with Crippen molar-refractivity contribution in [2.24, 2.45) is 0 Å². The molecule has 0 aliphatic rings. The van der Waals surface area contributed by atoms with Gasteiger partial charge in [-0.2, -0.15) is 15.0 Å². The molecule has 16 heteroatoms. The fraction of sp³-hybridized carbons (Fsp3) is 0.125. The minimum absolute atomic E-state index is 0.000000000000000444. The lowest BCUT2D eigenvalue weighted by Gasteiger charge is -2.27. The summed E-state index contributed by atoms with van der Waals surface area (Å²) in [6, 6.07) is 11.1. The second-order valence-corrected chi connectivity index (χ2v) is 15.1. The van der Waals surface area contributed by atoms with E-state index in [0.717, 1.165) is 15.6 Å². The lowest BCUT2D eigenvalue weighted by atomic mass is 9.78. The van der Waals surface area contributed by atoms with Gasteiger partial charge in [-0.05, 0) is 178 Å². The van der Waals surface area contributed by atoms with Crippen LogP contribution in [0.2, 0.25) is 15.9 Å². The average Bonchev–Trinajstić information content (AvgIpc) is 2.83. The van der Waals surface area contributed by atoms with Gasteiger partial charge in [0.05, 0.1) is 26.8 Å². The number of hydrogen-bond donors (Lipinski definition) is 3. The molecule has 40 heavy (non-hydrogen) atoms. The Kier molecular flexibility index (Phi) is 14.5. The number of aromatic nitrogens is 3. The third kappa shape index (κ3) is 10.2. The van der Waals surface area contributed by atoms with Crippen LogP contribution < -0.4 is 0 Å². The molecular weight excluding hydrogens is 1040 g/mol. The highest BCUT2D eigenvalue weighted by Gasteiger charge is 2.26. The molecule has 0 amide bonds. The molecule has 0 spiro atoms. The van der Waals surface area contributed by atoms with E-state index in [1.165, 1.54) is 0 Å². The zero-order chi connectivity index (χ0) is 30.5. The van der Waals surface area contributed by atoms with Crippen molar-refractivity contribution in [1.82, 2.24) is 15.0 Å². The molecule has 6 nitrogen and oxygen atoms in total. The van der Waals surface area contributed by atoms with Gasteiger partial charge < -0.3 is 15.3 Å². The number of benzene rings is 3. The Morgan fingerprint density at radius 2 is 0.725 bits per heavy atom. The number of hydrogen-bond acceptors (Lipinski definition) is 6. The van der Waals surface area contributed by atoms with Crippen molar-refractivity contribution in [1.29, 1.82) is 0 Å². The summed E-state index contributed by atoms with van der Waals surface area (Å²) in [5.41, 5.74) is 1.75. The van der Waals surface area contributed by atoms with E-state index >= 15 is 0 Å². The van der Waals surface area contributed by atoms with Gasteiger partial charge in [-0.3, -0.25) is 0 Å². The van der Waals surface area contributed by atoms with Crippen LogP contribution >= 0.6 is 146 Å². The first-order valence-electron chi connectivity index (χ1n) is 10.4. The van der Waals surface area contributed by atoms with Crippen molar-refractivity contribution in [3.05, 3.63) is 94.7 Å². The summed E-state index contributed by atoms with van der Waals surface area (Å²) < 4.78 is 4.81. The highest BCUT2D eigenvalue weighted by Crippen LogP contribution is 2.43. The number of phenolic OH excluding ortho intramolecular Hbond substituents is 3. The normalized spacial score (nSPS) is 10.8. The summed E-state index contributed by atoms with van der Waals surface area (Å²) in [7, 11) is 0. The minimum Gasteiger partial charge on any atom is -0.506 e. The smallest absolute Gasteiger partial charge is 0.227 e. The molecule has 0 aliphatic heterocycles. The van der Waals surface area contributed by atoms with Gasteiger partial charge in [0.15, 0.2) is 0 Å². The molecule has 0 unspecified atom stereocenters. The third-order valence-corrected chi connectivity index (χ3v) is 9.60. The minimum atomic E-state index is -0.308. The summed E-state index contributed by atoms with van der Waals surface area (Å²) in [5, 5.41) is 28.9. The van der Waals surface area contributed by atoms with Crippen LogP contribution in [0.25, 0.3) is 0 Å². The molecular formula is C24H15Br7Cl3N3O3. The Morgan fingerprint density at radius 1 is 0.500 bits per heavy atom. The van der Waals surface area contributed by atoms with Crippen LogP contribution in [0.4, 0.5) is 0 Å². The Balaban J connectivity index is 0.000000243. The molecule has 0 atom stereocenters. The van der Waals surface area contributed by atoms with E-state index in [4.69, 9.17) is 34.8 Å². The van der Waals surface area contributed by atoms with Crippen LogP contribution in [-0.4, -0.2) is 30.3 Å². The van der Waals surface area contributed by atoms with Crippen molar-refractivity contribution in [3.8, 4) is 17.2 Å². The lowest BCUT2D eigenvalue weighted by molar-refractivity contribution is 0.466. The molecule has 4 aromatic rings.